The first kappa shape index (κ1) is 13.5. The van der Waals surface area contributed by atoms with Gasteiger partial charge in [-0.3, -0.25) is 4.79 Å². The van der Waals surface area contributed by atoms with Crippen molar-refractivity contribution in [1.29, 1.82) is 0 Å². The lowest BCUT2D eigenvalue weighted by Crippen LogP contribution is -2.13. The Morgan fingerprint density at radius 2 is 1.85 bits per heavy atom. The first-order valence-electron chi connectivity index (χ1n) is 5.78. The Bertz CT molecular complexity index is 635. The molecule has 0 bridgehead atoms. The van der Waals surface area contributed by atoms with Crippen molar-refractivity contribution in [1.82, 2.24) is 0 Å². The predicted octanol–water partition coefficient (Wildman–Crippen LogP) is 1.94. The molecule has 2 aromatic rings. The SMILES string of the molecule is COc1ccc(N)c(NC(=O)c2c(O)cccc2O)c1. The molecule has 0 spiro atoms. The Balaban J connectivity index is 2.33. The second-order valence-electron chi connectivity index (χ2n) is 4.08. The fourth-order valence-corrected chi connectivity index (χ4v) is 1.72. The molecule has 0 aliphatic rings. The monoisotopic (exact) mass is 274 g/mol. The fourth-order valence-electron chi connectivity index (χ4n) is 1.72. The third-order valence-corrected chi connectivity index (χ3v) is 2.76. The van der Waals surface area contributed by atoms with Crippen molar-refractivity contribution in [2.45, 2.75) is 0 Å². The highest BCUT2D eigenvalue weighted by Crippen LogP contribution is 2.29. The third kappa shape index (κ3) is 2.59. The number of nitrogen functional groups attached to an aromatic ring is 1. The number of anilines is 2. The van der Waals surface area contributed by atoms with Crippen LogP contribution < -0.4 is 15.8 Å². The molecule has 1 amide bonds. The van der Waals surface area contributed by atoms with E-state index in [9.17, 15) is 15.0 Å². The summed E-state index contributed by atoms with van der Waals surface area (Å²) in [6.45, 7) is 0. The Kier molecular flexibility index (Phi) is 3.65. The molecule has 0 aromatic heterocycles. The standard InChI is InChI=1S/C14H14N2O4/c1-20-8-5-6-9(15)10(7-8)16-14(19)13-11(17)3-2-4-12(13)18/h2-7,17-18H,15H2,1H3,(H,16,19). The van der Waals surface area contributed by atoms with E-state index in [2.05, 4.69) is 5.32 Å². The number of nitrogens with one attached hydrogen (secondary N) is 1. The minimum Gasteiger partial charge on any atom is -0.507 e. The van der Waals surface area contributed by atoms with E-state index in [4.69, 9.17) is 10.5 Å². The highest BCUT2D eigenvalue weighted by atomic mass is 16.5. The van der Waals surface area contributed by atoms with Crippen LogP contribution in [0.1, 0.15) is 10.4 Å². The predicted molar refractivity (Wildman–Crippen MR) is 75.1 cm³/mol. The highest BCUT2D eigenvalue weighted by molar-refractivity contribution is 6.09. The smallest absolute Gasteiger partial charge is 0.263 e. The first-order chi connectivity index (χ1) is 9.52. The highest BCUT2D eigenvalue weighted by Gasteiger charge is 2.17. The molecule has 6 heteroatoms. The minimum absolute atomic E-state index is 0.213. The summed E-state index contributed by atoms with van der Waals surface area (Å²) in [5.74, 6) is -0.774. The number of methoxy groups -OCH3 is 1. The molecule has 0 aliphatic carbocycles. The zero-order valence-corrected chi connectivity index (χ0v) is 10.8. The van der Waals surface area contributed by atoms with Crippen LogP contribution in [0.3, 0.4) is 0 Å². The van der Waals surface area contributed by atoms with Gasteiger partial charge in [0.05, 0.1) is 18.5 Å². The summed E-state index contributed by atoms with van der Waals surface area (Å²) in [7, 11) is 1.49. The number of hydrogen-bond acceptors (Lipinski definition) is 5. The van der Waals surface area contributed by atoms with Crippen molar-refractivity contribution in [3.8, 4) is 17.2 Å². The molecular weight excluding hydrogens is 260 g/mol. The van der Waals surface area contributed by atoms with E-state index in [1.54, 1.807) is 18.2 Å². The van der Waals surface area contributed by atoms with Gasteiger partial charge in [0.25, 0.3) is 5.91 Å². The molecule has 0 aliphatic heterocycles. The second-order valence-corrected chi connectivity index (χ2v) is 4.08. The van der Waals surface area contributed by atoms with Gasteiger partial charge in [0.15, 0.2) is 0 Å². The number of phenols is 2. The fraction of sp³-hybridized carbons (Fsp3) is 0.0714. The van der Waals surface area contributed by atoms with Gasteiger partial charge in [0.1, 0.15) is 22.8 Å². The zero-order chi connectivity index (χ0) is 14.7. The van der Waals surface area contributed by atoms with E-state index in [1.807, 2.05) is 0 Å². The molecule has 20 heavy (non-hydrogen) atoms. The maximum atomic E-state index is 12.1. The van der Waals surface area contributed by atoms with Gasteiger partial charge in [-0.05, 0) is 24.3 Å². The van der Waals surface area contributed by atoms with Crippen LogP contribution in [0.2, 0.25) is 0 Å². The summed E-state index contributed by atoms with van der Waals surface area (Å²) in [6.07, 6.45) is 0. The maximum absolute atomic E-state index is 12.1. The summed E-state index contributed by atoms with van der Waals surface area (Å²) in [5, 5.41) is 21.8. The average molecular weight is 274 g/mol. The molecule has 0 unspecified atom stereocenters. The number of benzene rings is 2. The van der Waals surface area contributed by atoms with Crippen LogP contribution in [0.25, 0.3) is 0 Å². The lowest BCUT2D eigenvalue weighted by Gasteiger charge is -2.11. The summed E-state index contributed by atoms with van der Waals surface area (Å²) in [5.41, 5.74) is 6.21. The molecule has 0 fully saturated rings. The van der Waals surface area contributed by atoms with Crippen LogP contribution in [0.15, 0.2) is 36.4 Å². The molecule has 0 radical (unpaired) electrons. The summed E-state index contributed by atoms with van der Waals surface area (Å²) in [6, 6.07) is 8.83. The number of rotatable bonds is 3. The van der Waals surface area contributed by atoms with Crippen LogP contribution in [0.4, 0.5) is 11.4 Å². The Hall–Kier alpha value is -2.89. The van der Waals surface area contributed by atoms with Crippen molar-refractivity contribution in [3.63, 3.8) is 0 Å². The van der Waals surface area contributed by atoms with E-state index < -0.39 is 5.91 Å². The summed E-state index contributed by atoms with van der Waals surface area (Å²) in [4.78, 5) is 12.1. The quantitative estimate of drug-likeness (QED) is 0.640. The van der Waals surface area contributed by atoms with Crippen molar-refractivity contribution in [3.05, 3.63) is 42.0 Å². The molecule has 104 valence electrons. The molecule has 0 heterocycles. The summed E-state index contributed by atoms with van der Waals surface area (Å²) < 4.78 is 5.04. The summed E-state index contributed by atoms with van der Waals surface area (Å²) >= 11 is 0. The largest absolute Gasteiger partial charge is 0.507 e. The molecule has 2 aromatic carbocycles. The maximum Gasteiger partial charge on any atom is 0.263 e. The molecule has 2 rings (SSSR count). The lowest BCUT2D eigenvalue weighted by atomic mass is 10.1. The molecule has 6 nitrogen and oxygen atoms in total. The van der Waals surface area contributed by atoms with Gasteiger partial charge in [-0.2, -0.15) is 0 Å². The van der Waals surface area contributed by atoms with Crippen molar-refractivity contribution < 1.29 is 19.7 Å². The van der Waals surface area contributed by atoms with Crippen LogP contribution in [-0.4, -0.2) is 23.2 Å². The topological polar surface area (TPSA) is 105 Å². The van der Waals surface area contributed by atoms with Gasteiger partial charge in [0, 0.05) is 6.07 Å². The van der Waals surface area contributed by atoms with Crippen molar-refractivity contribution in [2.24, 2.45) is 0 Å². The first-order valence-corrected chi connectivity index (χ1v) is 5.78. The number of amides is 1. The zero-order valence-electron chi connectivity index (χ0n) is 10.8. The van der Waals surface area contributed by atoms with Gasteiger partial charge in [0.2, 0.25) is 0 Å². The Labute approximate surface area is 115 Å². The van der Waals surface area contributed by atoms with Gasteiger partial charge in [-0.25, -0.2) is 0 Å². The number of carbonyl (C=O) groups is 1. The molecule has 0 saturated carbocycles. The number of ether oxygens (including phenoxy) is 1. The number of hydrogen-bond donors (Lipinski definition) is 4. The van der Waals surface area contributed by atoms with E-state index in [-0.39, 0.29) is 17.1 Å². The number of carbonyl (C=O) groups excluding carboxylic acids is 1. The molecular formula is C14H14N2O4. The van der Waals surface area contributed by atoms with Crippen LogP contribution >= 0.6 is 0 Å². The third-order valence-electron chi connectivity index (χ3n) is 2.76. The molecule has 0 saturated heterocycles. The van der Waals surface area contributed by atoms with E-state index in [0.717, 1.165) is 0 Å². The normalized spacial score (nSPS) is 10.1. The number of nitrogens with two attached hydrogens (primary N) is 1. The van der Waals surface area contributed by atoms with Crippen molar-refractivity contribution >= 4 is 17.3 Å². The van der Waals surface area contributed by atoms with Crippen LogP contribution in [-0.2, 0) is 0 Å². The van der Waals surface area contributed by atoms with E-state index in [0.29, 0.717) is 17.1 Å². The second kappa shape index (κ2) is 5.40. The van der Waals surface area contributed by atoms with Gasteiger partial charge < -0.3 is 26.0 Å². The van der Waals surface area contributed by atoms with Crippen LogP contribution in [0, 0.1) is 0 Å². The molecule has 5 N–H and O–H groups in total. The Morgan fingerprint density at radius 1 is 1.20 bits per heavy atom. The van der Waals surface area contributed by atoms with E-state index in [1.165, 1.54) is 25.3 Å². The van der Waals surface area contributed by atoms with Crippen molar-refractivity contribution in [2.75, 3.05) is 18.2 Å². The van der Waals surface area contributed by atoms with Gasteiger partial charge >= 0.3 is 0 Å². The van der Waals surface area contributed by atoms with Gasteiger partial charge in [-0.1, -0.05) is 6.07 Å². The Morgan fingerprint density at radius 3 is 2.45 bits per heavy atom. The molecule has 0 atom stereocenters. The van der Waals surface area contributed by atoms with E-state index >= 15 is 0 Å². The van der Waals surface area contributed by atoms with Crippen LogP contribution in [0.5, 0.6) is 17.2 Å². The number of phenolic OH excluding ortho intramolecular Hbond substituents is 2. The minimum atomic E-state index is -0.666. The lowest BCUT2D eigenvalue weighted by molar-refractivity contribution is 0.102. The number of aromatic hydroxyl groups is 2. The van der Waals surface area contributed by atoms with Gasteiger partial charge in [-0.15, -0.1) is 0 Å². The average Bonchev–Trinajstić information content (AvgIpc) is 2.41.